The predicted octanol–water partition coefficient (Wildman–Crippen LogP) is 2.96. The van der Waals surface area contributed by atoms with Crippen molar-refractivity contribution in [3.05, 3.63) is 35.8 Å². The second-order valence-corrected chi connectivity index (χ2v) is 3.50. The molecule has 16 heavy (non-hydrogen) atoms. The van der Waals surface area contributed by atoms with E-state index in [2.05, 4.69) is 10.2 Å². The lowest BCUT2D eigenvalue weighted by atomic mass is 10.1. The number of methoxy groups -OCH3 is 1. The number of hydrogen-bond acceptors (Lipinski definition) is 2. The van der Waals surface area contributed by atoms with Crippen LogP contribution >= 0.6 is 11.6 Å². The zero-order valence-electron chi connectivity index (χ0n) is 8.63. The van der Waals surface area contributed by atoms with Crippen LogP contribution in [0.1, 0.15) is 5.69 Å². The lowest BCUT2D eigenvalue weighted by molar-refractivity contribution is 0.413. The third kappa shape index (κ3) is 1.88. The number of rotatable bonds is 3. The van der Waals surface area contributed by atoms with Gasteiger partial charge in [-0.25, -0.2) is 4.39 Å². The lowest BCUT2D eigenvalue weighted by Gasteiger charge is -2.06. The number of hydrogen-bond donors (Lipinski definition) is 1. The molecule has 0 aliphatic rings. The lowest BCUT2D eigenvalue weighted by Crippen LogP contribution is -1.91. The molecule has 2 rings (SSSR count). The highest BCUT2D eigenvalue weighted by molar-refractivity contribution is 6.16. The van der Waals surface area contributed by atoms with Gasteiger partial charge in [0, 0.05) is 0 Å². The molecule has 1 aromatic heterocycles. The van der Waals surface area contributed by atoms with E-state index in [0.717, 1.165) is 5.69 Å². The van der Waals surface area contributed by atoms with Crippen molar-refractivity contribution in [2.45, 2.75) is 5.88 Å². The van der Waals surface area contributed by atoms with Crippen LogP contribution < -0.4 is 4.74 Å². The smallest absolute Gasteiger partial charge is 0.136 e. The van der Waals surface area contributed by atoms with Gasteiger partial charge in [0.25, 0.3) is 0 Å². The summed E-state index contributed by atoms with van der Waals surface area (Å²) in [6, 6.07) is 6.35. The van der Waals surface area contributed by atoms with E-state index in [0.29, 0.717) is 22.9 Å². The van der Waals surface area contributed by atoms with E-state index < -0.39 is 0 Å². The van der Waals surface area contributed by atoms with Gasteiger partial charge in [-0.1, -0.05) is 6.07 Å². The number of halogens is 2. The molecule has 0 bridgehead atoms. The molecule has 0 aliphatic carbocycles. The fourth-order valence-electron chi connectivity index (χ4n) is 1.48. The van der Waals surface area contributed by atoms with Crippen LogP contribution in [0.2, 0.25) is 0 Å². The number of nitrogens with zero attached hydrogens (tertiary/aromatic N) is 1. The van der Waals surface area contributed by atoms with Crippen molar-refractivity contribution in [2.24, 2.45) is 0 Å². The summed E-state index contributed by atoms with van der Waals surface area (Å²) in [6.07, 6.45) is 0. The van der Waals surface area contributed by atoms with Gasteiger partial charge < -0.3 is 4.74 Å². The Morgan fingerprint density at radius 1 is 1.50 bits per heavy atom. The molecule has 0 saturated heterocycles. The minimum absolute atomic E-state index is 0.309. The van der Waals surface area contributed by atoms with Crippen LogP contribution in [0, 0.1) is 5.82 Å². The monoisotopic (exact) mass is 240 g/mol. The normalized spacial score (nSPS) is 10.4. The predicted molar refractivity (Wildman–Crippen MR) is 60.1 cm³/mol. The van der Waals surface area contributed by atoms with Crippen molar-refractivity contribution < 1.29 is 9.13 Å². The van der Waals surface area contributed by atoms with E-state index in [1.807, 2.05) is 0 Å². The highest BCUT2D eigenvalue weighted by Gasteiger charge is 2.14. The number of aromatic nitrogens is 2. The molecule has 0 fully saturated rings. The molecular formula is C11H10ClFN2O. The molecule has 1 N–H and O–H groups in total. The van der Waals surface area contributed by atoms with Crippen molar-refractivity contribution in [2.75, 3.05) is 7.11 Å². The Kier molecular flexibility index (Phi) is 3.10. The molecule has 0 amide bonds. The van der Waals surface area contributed by atoms with Crippen molar-refractivity contribution in [1.29, 1.82) is 0 Å². The van der Waals surface area contributed by atoms with E-state index in [4.69, 9.17) is 16.3 Å². The summed E-state index contributed by atoms with van der Waals surface area (Å²) in [5.74, 6) is 0.392. The Hall–Kier alpha value is -1.55. The van der Waals surface area contributed by atoms with Crippen LogP contribution in [-0.4, -0.2) is 17.3 Å². The molecule has 5 heteroatoms. The van der Waals surface area contributed by atoms with Gasteiger partial charge in [0.2, 0.25) is 0 Å². The summed E-state index contributed by atoms with van der Waals surface area (Å²) >= 11 is 5.64. The molecule has 3 nitrogen and oxygen atoms in total. The summed E-state index contributed by atoms with van der Waals surface area (Å²) < 4.78 is 18.8. The topological polar surface area (TPSA) is 37.9 Å². The van der Waals surface area contributed by atoms with Gasteiger partial charge in [-0.2, -0.15) is 5.10 Å². The van der Waals surface area contributed by atoms with Crippen LogP contribution in [0.4, 0.5) is 4.39 Å². The van der Waals surface area contributed by atoms with E-state index in [9.17, 15) is 4.39 Å². The number of H-pyrrole nitrogens is 1. The molecule has 1 heterocycles. The Morgan fingerprint density at radius 3 is 2.94 bits per heavy atom. The quantitative estimate of drug-likeness (QED) is 0.838. The van der Waals surface area contributed by atoms with Crippen LogP contribution in [0.15, 0.2) is 24.3 Å². The summed E-state index contributed by atoms with van der Waals surface area (Å²) in [6.45, 7) is 0. The molecule has 1 aromatic carbocycles. The largest absolute Gasteiger partial charge is 0.496 e. The van der Waals surface area contributed by atoms with Crippen molar-refractivity contribution >= 4 is 11.6 Å². The van der Waals surface area contributed by atoms with Gasteiger partial charge in [0.05, 0.1) is 29.9 Å². The molecule has 0 atom stereocenters. The standard InChI is InChI=1S/C11H10ClFN2O/c1-16-10-4-2-3-8(13)11(10)9-5-7(6-12)14-15-9/h2-5H,6H2,1H3,(H,14,15). The molecule has 0 saturated carbocycles. The Morgan fingerprint density at radius 2 is 2.31 bits per heavy atom. The number of nitrogens with one attached hydrogen (secondary N) is 1. The maximum Gasteiger partial charge on any atom is 0.136 e. The van der Waals surface area contributed by atoms with Gasteiger partial charge in [0.15, 0.2) is 0 Å². The minimum Gasteiger partial charge on any atom is -0.496 e. The van der Waals surface area contributed by atoms with Gasteiger partial charge in [0.1, 0.15) is 11.6 Å². The van der Waals surface area contributed by atoms with Gasteiger partial charge in [-0.05, 0) is 18.2 Å². The average Bonchev–Trinajstić information content (AvgIpc) is 2.76. The summed E-state index contributed by atoms with van der Waals surface area (Å²) in [5, 5.41) is 6.73. The third-order valence-corrected chi connectivity index (χ3v) is 2.51. The molecular weight excluding hydrogens is 231 g/mol. The molecule has 2 aromatic rings. The number of aromatic amines is 1. The fraction of sp³-hybridized carbons (Fsp3) is 0.182. The highest BCUT2D eigenvalue weighted by Crippen LogP contribution is 2.31. The van der Waals surface area contributed by atoms with E-state index in [1.54, 1.807) is 18.2 Å². The second kappa shape index (κ2) is 4.53. The van der Waals surface area contributed by atoms with Crippen molar-refractivity contribution in [3.63, 3.8) is 0 Å². The number of benzene rings is 1. The zero-order chi connectivity index (χ0) is 11.5. The van der Waals surface area contributed by atoms with E-state index in [1.165, 1.54) is 13.2 Å². The summed E-state index contributed by atoms with van der Waals surface area (Å²) in [4.78, 5) is 0. The minimum atomic E-state index is -0.369. The first-order valence-corrected chi connectivity index (χ1v) is 5.23. The Labute approximate surface area is 97.2 Å². The van der Waals surface area contributed by atoms with Crippen LogP contribution in [0.5, 0.6) is 5.75 Å². The Balaban J connectivity index is 2.53. The Bertz CT molecular complexity index is 498. The maximum absolute atomic E-state index is 13.7. The van der Waals surface area contributed by atoms with E-state index in [-0.39, 0.29) is 5.82 Å². The van der Waals surface area contributed by atoms with Crippen LogP contribution in [0.25, 0.3) is 11.3 Å². The highest BCUT2D eigenvalue weighted by atomic mass is 35.5. The first-order valence-electron chi connectivity index (χ1n) is 4.69. The van der Waals surface area contributed by atoms with Crippen LogP contribution in [0.3, 0.4) is 0 Å². The average molecular weight is 241 g/mol. The molecule has 84 valence electrons. The first-order chi connectivity index (χ1) is 7.76. The van der Waals surface area contributed by atoms with E-state index >= 15 is 0 Å². The summed E-state index contributed by atoms with van der Waals surface area (Å²) in [7, 11) is 1.49. The SMILES string of the molecule is COc1cccc(F)c1-c1cc(CCl)[nH]n1. The third-order valence-electron chi connectivity index (χ3n) is 2.23. The molecule has 0 aliphatic heterocycles. The number of alkyl halides is 1. The van der Waals surface area contributed by atoms with Crippen molar-refractivity contribution in [1.82, 2.24) is 10.2 Å². The first kappa shape index (κ1) is 11.0. The van der Waals surface area contributed by atoms with Gasteiger partial charge in [-0.15, -0.1) is 11.6 Å². The molecule has 0 radical (unpaired) electrons. The number of ether oxygens (including phenoxy) is 1. The van der Waals surface area contributed by atoms with Gasteiger partial charge >= 0.3 is 0 Å². The van der Waals surface area contributed by atoms with Crippen LogP contribution in [-0.2, 0) is 5.88 Å². The zero-order valence-corrected chi connectivity index (χ0v) is 9.38. The van der Waals surface area contributed by atoms with Crippen molar-refractivity contribution in [3.8, 4) is 17.0 Å². The maximum atomic E-state index is 13.7. The second-order valence-electron chi connectivity index (χ2n) is 3.23. The summed E-state index contributed by atoms with van der Waals surface area (Å²) in [5.41, 5.74) is 1.57. The molecule has 0 spiro atoms. The van der Waals surface area contributed by atoms with Gasteiger partial charge in [-0.3, -0.25) is 5.10 Å². The molecule has 0 unspecified atom stereocenters. The fourth-order valence-corrected chi connectivity index (χ4v) is 1.62.